The first-order chi connectivity index (χ1) is 10.8. The Labute approximate surface area is 127 Å². The van der Waals surface area contributed by atoms with Crippen LogP contribution >= 0.6 is 7.82 Å². The average molecular weight is 346 g/mol. The number of H-pyrrole nitrogens is 1. The van der Waals surface area contributed by atoms with Crippen molar-refractivity contribution < 1.29 is 33.8 Å². The van der Waals surface area contributed by atoms with Gasteiger partial charge in [0, 0.05) is 0 Å². The van der Waals surface area contributed by atoms with E-state index in [2.05, 4.69) is 19.5 Å². The van der Waals surface area contributed by atoms with Crippen LogP contribution in [0.15, 0.2) is 17.4 Å². The van der Waals surface area contributed by atoms with Crippen molar-refractivity contribution in [1.82, 2.24) is 19.5 Å². The van der Waals surface area contributed by atoms with Crippen LogP contribution in [0, 0.1) is 0 Å². The molecule has 0 spiro atoms. The number of phosphoric acid groups is 1. The summed E-state index contributed by atoms with van der Waals surface area (Å²) in [6.45, 7) is -0.750. The van der Waals surface area contributed by atoms with E-state index in [1.165, 1.54) is 10.9 Å². The summed E-state index contributed by atoms with van der Waals surface area (Å²) in [5.41, 5.74) is -0.397. The lowest BCUT2D eigenvalue weighted by Crippen LogP contribution is -2.34. The molecular weight excluding hydrogens is 335 g/mol. The van der Waals surface area contributed by atoms with Crippen LogP contribution in [0.1, 0.15) is 6.23 Å². The number of nitrogens with zero attached hydrogens (tertiary/aromatic N) is 3. The monoisotopic (exact) mass is 346 g/mol. The molecule has 2 aromatic heterocycles. The fourth-order valence-electron chi connectivity index (χ4n) is 2.31. The quantitative estimate of drug-likeness (QED) is 0.471. The van der Waals surface area contributed by atoms with E-state index in [0.717, 1.165) is 6.33 Å². The lowest BCUT2D eigenvalue weighted by molar-refractivity contribution is -0.343. The Bertz CT molecular complexity index is 815. The minimum absolute atomic E-state index is 0.00103. The number of aromatic amines is 1. The predicted octanol–water partition coefficient (Wildman–Crippen LogP) is -3.42. The Morgan fingerprint density at radius 1 is 1.39 bits per heavy atom. The Morgan fingerprint density at radius 2 is 2.13 bits per heavy atom. The van der Waals surface area contributed by atoms with Gasteiger partial charge in [-0.1, -0.05) is 0 Å². The van der Waals surface area contributed by atoms with Gasteiger partial charge in [-0.15, -0.1) is 0 Å². The zero-order valence-electron chi connectivity index (χ0n) is 11.3. The first-order valence-corrected chi connectivity index (χ1v) is 7.82. The summed E-state index contributed by atoms with van der Waals surface area (Å²) in [6.07, 6.45) is -3.11. The molecule has 0 unspecified atom stereocenters. The number of aromatic nitrogens is 4. The van der Waals surface area contributed by atoms with Crippen molar-refractivity contribution in [2.24, 2.45) is 0 Å². The maximum Gasteiger partial charge on any atom is 0.278 e. The molecule has 2 aromatic rings. The van der Waals surface area contributed by atoms with Gasteiger partial charge in [-0.25, -0.2) is 9.97 Å². The van der Waals surface area contributed by atoms with Gasteiger partial charge in [-0.2, -0.15) is 0 Å². The minimum Gasteiger partial charge on any atom is -0.790 e. The van der Waals surface area contributed by atoms with Gasteiger partial charge in [0.15, 0.2) is 17.4 Å². The van der Waals surface area contributed by atoms with Crippen LogP contribution in [-0.4, -0.2) is 54.7 Å². The van der Waals surface area contributed by atoms with Crippen molar-refractivity contribution in [3.63, 3.8) is 0 Å². The molecule has 126 valence electrons. The molecule has 1 aliphatic rings. The molecule has 1 fully saturated rings. The first-order valence-electron chi connectivity index (χ1n) is 6.36. The van der Waals surface area contributed by atoms with E-state index in [4.69, 9.17) is 4.74 Å². The van der Waals surface area contributed by atoms with Crippen molar-refractivity contribution in [3.05, 3.63) is 23.0 Å². The van der Waals surface area contributed by atoms with Gasteiger partial charge >= 0.3 is 0 Å². The zero-order chi connectivity index (χ0) is 16.8. The second-order valence-corrected chi connectivity index (χ2v) is 6.00. The van der Waals surface area contributed by atoms with Crippen molar-refractivity contribution in [3.8, 4) is 0 Å². The third kappa shape index (κ3) is 3.05. The van der Waals surface area contributed by atoms with Crippen LogP contribution in [-0.2, 0) is 13.8 Å². The normalized spacial score (nSPS) is 28.5. The standard InChI is InChI=1S/C10H13N4O8P/c15-6-4(1-21-23(18,19)20)22-10(7(6)16)14-3-13-5-8(14)11-2-12-9(5)17/h2-4,6-7,10,15-16H,1H2,(H,11,12,17)(H2,18,19,20)/p-2/t4-,6+,7+,10+/m0/s1. The molecule has 12 nitrogen and oxygen atoms in total. The summed E-state index contributed by atoms with van der Waals surface area (Å²) in [5, 5.41) is 19.9. The van der Waals surface area contributed by atoms with Crippen LogP contribution in [0.4, 0.5) is 0 Å². The van der Waals surface area contributed by atoms with Crippen LogP contribution in [0.3, 0.4) is 0 Å². The molecular formula is C10H11N4O8P-2. The van der Waals surface area contributed by atoms with Gasteiger partial charge in [0.25, 0.3) is 5.56 Å². The number of hydrogen-bond acceptors (Lipinski definition) is 10. The molecule has 0 aliphatic carbocycles. The van der Waals surface area contributed by atoms with Gasteiger partial charge in [0.05, 0.1) is 27.1 Å². The molecule has 0 bridgehead atoms. The number of hydrogen-bond donors (Lipinski definition) is 3. The van der Waals surface area contributed by atoms with E-state index < -0.39 is 44.5 Å². The van der Waals surface area contributed by atoms with E-state index in [1.807, 2.05) is 0 Å². The zero-order valence-corrected chi connectivity index (χ0v) is 12.2. The number of aliphatic hydroxyl groups is 2. The number of ether oxygens (including phenoxy) is 1. The van der Waals surface area contributed by atoms with Gasteiger partial charge < -0.3 is 38.8 Å². The van der Waals surface area contributed by atoms with E-state index in [1.54, 1.807) is 0 Å². The molecule has 4 atom stereocenters. The van der Waals surface area contributed by atoms with Crippen LogP contribution in [0.5, 0.6) is 0 Å². The molecule has 1 aliphatic heterocycles. The lowest BCUT2D eigenvalue weighted by atomic mass is 10.1. The highest BCUT2D eigenvalue weighted by Gasteiger charge is 2.44. The Balaban J connectivity index is 1.87. The topological polar surface area (TPSA) is 186 Å². The predicted molar refractivity (Wildman–Crippen MR) is 67.6 cm³/mol. The largest absolute Gasteiger partial charge is 0.790 e. The number of nitrogens with one attached hydrogen (secondary N) is 1. The Kier molecular flexibility index (Phi) is 4.06. The van der Waals surface area contributed by atoms with Gasteiger partial charge in [-0.3, -0.25) is 9.36 Å². The van der Waals surface area contributed by atoms with E-state index in [9.17, 15) is 29.4 Å². The van der Waals surface area contributed by atoms with E-state index in [0.29, 0.717) is 0 Å². The van der Waals surface area contributed by atoms with Crippen molar-refractivity contribution in [1.29, 1.82) is 0 Å². The summed E-state index contributed by atoms with van der Waals surface area (Å²) < 4.78 is 21.1. The van der Waals surface area contributed by atoms with E-state index in [-0.39, 0.29) is 11.2 Å². The molecule has 3 rings (SSSR count). The molecule has 23 heavy (non-hydrogen) atoms. The lowest BCUT2D eigenvalue weighted by Gasteiger charge is -2.30. The highest BCUT2D eigenvalue weighted by Crippen LogP contribution is 2.33. The van der Waals surface area contributed by atoms with Crippen molar-refractivity contribution >= 4 is 19.0 Å². The summed E-state index contributed by atoms with van der Waals surface area (Å²) in [4.78, 5) is 42.6. The number of fused-ring (bicyclic) bond motifs is 1. The summed E-state index contributed by atoms with van der Waals surface area (Å²) in [6, 6.07) is 0. The second-order valence-electron chi connectivity index (χ2n) is 4.84. The molecule has 0 amide bonds. The molecule has 13 heteroatoms. The maximum atomic E-state index is 11.6. The van der Waals surface area contributed by atoms with Crippen molar-refractivity contribution in [2.75, 3.05) is 6.61 Å². The Morgan fingerprint density at radius 3 is 2.83 bits per heavy atom. The van der Waals surface area contributed by atoms with Crippen molar-refractivity contribution in [2.45, 2.75) is 24.5 Å². The third-order valence-electron chi connectivity index (χ3n) is 3.37. The SMILES string of the molecule is O=c1[nH]cnc2c1ncn2[C@@H]1O[C@@H](COP(=O)([O-])[O-])[C@@H](O)[C@H]1O. The van der Waals surface area contributed by atoms with Crippen LogP contribution in [0.2, 0.25) is 0 Å². The van der Waals surface area contributed by atoms with Gasteiger partial charge in [-0.05, 0) is 0 Å². The van der Waals surface area contributed by atoms with Crippen LogP contribution < -0.4 is 15.3 Å². The minimum atomic E-state index is -5.24. The molecule has 0 radical (unpaired) electrons. The molecule has 0 aromatic carbocycles. The summed E-state index contributed by atoms with van der Waals surface area (Å²) >= 11 is 0. The third-order valence-corrected chi connectivity index (χ3v) is 3.84. The number of imidazole rings is 1. The van der Waals surface area contributed by atoms with Gasteiger partial charge in [0.1, 0.15) is 18.3 Å². The van der Waals surface area contributed by atoms with Crippen LogP contribution in [0.25, 0.3) is 11.2 Å². The molecule has 3 heterocycles. The summed E-state index contributed by atoms with van der Waals surface area (Å²) in [7, 11) is -5.24. The van der Waals surface area contributed by atoms with Gasteiger partial charge in [0.2, 0.25) is 0 Å². The number of aliphatic hydroxyl groups excluding tert-OH is 2. The smallest absolute Gasteiger partial charge is 0.278 e. The highest BCUT2D eigenvalue weighted by atomic mass is 31.2. The van der Waals surface area contributed by atoms with E-state index >= 15 is 0 Å². The molecule has 1 saturated heterocycles. The first kappa shape index (κ1) is 16.2. The number of phosphoric ester groups is 1. The number of rotatable bonds is 4. The summed E-state index contributed by atoms with van der Waals surface area (Å²) in [5.74, 6) is 0. The molecule has 0 saturated carbocycles. The fourth-order valence-corrected chi connectivity index (χ4v) is 2.64. The Hall–Kier alpha value is -1.66. The highest BCUT2D eigenvalue weighted by molar-refractivity contribution is 7.43. The molecule has 3 N–H and O–H groups in total. The average Bonchev–Trinajstić information content (AvgIpc) is 3.01. The second kappa shape index (κ2) is 5.76. The maximum absolute atomic E-state index is 11.6. The fraction of sp³-hybridized carbons (Fsp3) is 0.500.